The van der Waals surface area contributed by atoms with Crippen molar-refractivity contribution < 1.29 is 0 Å². The van der Waals surface area contributed by atoms with Gasteiger partial charge >= 0.3 is 0 Å². The number of hydrogen-bond acceptors (Lipinski definition) is 5. The van der Waals surface area contributed by atoms with Crippen molar-refractivity contribution in [3.63, 3.8) is 0 Å². The maximum atomic E-state index is 12.7. The van der Waals surface area contributed by atoms with Crippen molar-refractivity contribution in [1.29, 1.82) is 0 Å². The maximum Gasteiger partial charge on any atom is 0.291 e. The fourth-order valence-electron chi connectivity index (χ4n) is 2.76. The first-order chi connectivity index (χ1) is 12.5. The van der Waals surface area contributed by atoms with E-state index in [-0.39, 0.29) is 5.56 Å². The summed E-state index contributed by atoms with van der Waals surface area (Å²) in [6, 6.07) is 16.0. The molecule has 0 amide bonds. The van der Waals surface area contributed by atoms with Gasteiger partial charge in [0.15, 0.2) is 5.82 Å². The molecule has 2 aromatic heterocycles. The van der Waals surface area contributed by atoms with E-state index in [1.54, 1.807) is 0 Å². The van der Waals surface area contributed by atoms with Crippen molar-refractivity contribution in [2.45, 2.75) is 6.92 Å². The van der Waals surface area contributed by atoms with Gasteiger partial charge in [-0.3, -0.25) is 4.79 Å². The molecule has 4 rings (SSSR count). The Bertz CT molecular complexity index is 1190. The molecule has 2 aromatic carbocycles. The van der Waals surface area contributed by atoms with Gasteiger partial charge in [0.2, 0.25) is 4.96 Å². The number of aryl methyl sites for hydroxylation is 1. The molecule has 2 heterocycles. The van der Waals surface area contributed by atoms with Crippen LogP contribution in [0.4, 0.5) is 5.69 Å². The molecular weight excluding hydrogens is 344 g/mol. The zero-order valence-electron chi connectivity index (χ0n) is 14.8. The van der Waals surface area contributed by atoms with Gasteiger partial charge in [-0.15, -0.1) is 5.10 Å². The molecule has 4 aromatic rings. The second kappa shape index (κ2) is 6.38. The van der Waals surface area contributed by atoms with Crippen LogP contribution in [0.1, 0.15) is 11.1 Å². The average Bonchev–Trinajstić information content (AvgIpc) is 3.16. The van der Waals surface area contributed by atoms with Crippen LogP contribution >= 0.6 is 11.3 Å². The third kappa shape index (κ3) is 2.99. The number of benzene rings is 2. The number of fused-ring (bicyclic) bond motifs is 1. The maximum absolute atomic E-state index is 12.7. The Balaban J connectivity index is 1.75. The second-order valence-electron chi connectivity index (χ2n) is 6.40. The average molecular weight is 362 g/mol. The quantitative estimate of drug-likeness (QED) is 0.562. The number of rotatable bonds is 3. The molecular formula is C20H18N4OS. The minimum Gasteiger partial charge on any atom is -0.378 e. The van der Waals surface area contributed by atoms with Crippen molar-refractivity contribution in [2.75, 3.05) is 19.0 Å². The van der Waals surface area contributed by atoms with Gasteiger partial charge in [0.1, 0.15) is 0 Å². The standard InChI is InChI=1S/C20H18N4OS/c1-13-5-4-6-15(11-13)18-21-20-24(22-18)19(25)17(26-20)12-14-7-9-16(10-8-14)23(2)3/h4-12H,1-3H3. The van der Waals surface area contributed by atoms with Crippen molar-refractivity contribution in [2.24, 2.45) is 0 Å². The highest BCUT2D eigenvalue weighted by Gasteiger charge is 2.12. The highest BCUT2D eigenvalue weighted by Crippen LogP contribution is 2.18. The van der Waals surface area contributed by atoms with Gasteiger partial charge in [-0.25, -0.2) is 0 Å². The lowest BCUT2D eigenvalue weighted by Gasteiger charge is -2.11. The monoisotopic (exact) mass is 362 g/mol. The third-order valence-corrected chi connectivity index (χ3v) is 5.12. The summed E-state index contributed by atoms with van der Waals surface area (Å²) in [4.78, 5) is 19.8. The number of hydrogen-bond donors (Lipinski definition) is 0. The summed E-state index contributed by atoms with van der Waals surface area (Å²) in [5.41, 5.74) is 4.03. The Morgan fingerprint density at radius 2 is 1.88 bits per heavy atom. The Kier molecular flexibility index (Phi) is 4.05. The van der Waals surface area contributed by atoms with E-state index in [0.29, 0.717) is 15.3 Å². The highest BCUT2D eigenvalue weighted by atomic mass is 32.1. The molecule has 130 valence electrons. The van der Waals surface area contributed by atoms with Gasteiger partial charge < -0.3 is 4.90 Å². The van der Waals surface area contributed by atoms with E-state index in [1.165, 1.54) is 15.9 Å². The van der Waals surface area contributed by atoms with E-state index in [1.807, 2.05) is 80.5 Å². The first-order valence-corrected chi connectivity index (χ1v) is 9.09. The zero-order chi connectivity index (χ0) is 18.3. The van der Waals surface area contributed by atoms with Crippen LogP contribution in [0.3, 0.4) is 0 Å². The fraction of sp³-hybridized carbons (Fsp3) is 0.150. The van der Waals surface area contributed by atoms with Gasteiger partial charge in [0.05, 0.1) is 4.53 Å². The van der Waals surface area contributed by atoms with Gasteiger partial charge in [-0.2, -0.15) is 9.50 Å². The summed E-state index contributed by atoms with van der Waals surface area (Å²) in [6.45, 7) is 2.02. The van der Waals surface area contributed by atoms with E-state index >= 15 is 0 Å². The largest absolute Gasteiger partial charge is 0.378 e. The van der Waals surface area contributed by atoms with Crippen LogP contribution in [0.5, 0.6) is 0 Å². The van der Waals surface area contributed by atoms with Crippen molar-refractivity contribution in [1.82, 2.24) is 14.6 Å². The summed E-state index contributed by atoms with van der Waals surface area (Å²) in [7, 11) is 4.00. The number of anilines is 1. The summed E-state index contributed by atoms with van der Waals surface area (Å²) in [5.74, 6) is 0.582. The molecule has 0 spiro atoms. The van der Waals surface area contributed by atoms with Gasteiger partial charge in [-0.1, -0.05) is 47.2 Å². The molecule has 6 heteroatoms. The summed E-state index contributed by atoms with van der Waals surface area (Å²) < 4.78 is 2.02. The molecule has 0 radical (unpaired) electrons. The third-order valence-electron chi connectivity index (χ3n) is 4.17. The molecule has 0 N–H and O–H groups in total. The van der Waals surface area contributed by atoms with Crippen molar-refractivity contribution in [3.8, 4) is 11.4 Å². The Labute approximate surface area is 154 Å². The van der Waals surface area contributed by atoms with Crippen LogP contribution in [-0.4, -0.2) is 28.7 Å². The molecule has 0 unspecified atom stereocenters. The molecule has 0 fully saturated rings. The lowest BCUT2D eigenvalue weighted by atomic mass is 10.1. The first kappa shape index (κ1) is 16.5. The Hall–Kier alpha value is -2.99. The Morgan fingerprint density at radius 1 is 1.12 bits per heavy atom. The Morgan fingerprint density at radius 3 is 2.54 bits per heavy atom. The van der Waals surface area contributed by atoms with E-state index in [0.717, 1.165) is 22.4 Å². The van der Waals surface area contributed by atoms with Gasteiger partial charge in [0, 0.05) is 25.3 Å². The molecule has 0 saturated carbocycles. The number of aromatic nitrogens is 3. The topological polar surface area (TPSA) is 50.5 Å². The van der Waals surface area contributed by atoms with Crippen molar-refractivity contribution in [3.05, 3.63) is 74.5 Å². The lowest BCUT2D eigenvalue weighted by molar-refractivity contribution is 0.936. The van der Waals surface area contributed by atoms with Crippen LogP contribution in [-0.2, 0) is 0 Å². The number of nitrogens with zero attached hydrogens (tertiary/aromatic N) is 4. The van der Waals surface area contributed by atoms with Crippen LogP contribution in [0.25, 0.3) is 22.4 Å². The second-order valence-corrected chi connectivity index (χ2v) is 7.41. The summed E-state index contributed by atoms with van der Waals surface area (Å²) >= 11 is 1.36. The highest BCUT2D eigenvalue weighted by molar-refractivity contribution is 7.15. The minimum absolute atomic E-state index is 0.131. The van der Waals surface area contributed by atoms with E-state index in [2.05, 4.69) is 10.1 Å². The van der Waals surface area contributed by atoms with E-state index < -0.39 is 0 Å². The molecule has 26 heavy (non-hydrogen) atoms. The van der Waals surface area contributed by atoms with Crippen LogP contribution in [0, 0.1) is 6.92 Å². The first-order valence-electron chi connectivity index (χ1n) is 8.27. The molecule has 0 bridgehead atoms. The van der Waals surface area contributed by atoms with Gasteiger partial charge in [-0.05, 0) is 36.8 Å². The summed E-state index contributed by atoms with van der Waals surface area (Å²) in [6.07, 6.45) is 1.88. The van der Waals surface area contributed by atoms with E-state index in [9.17, 15) is 4.79 Å². The molecule has 0 saturated heterocycles. The molecule has 5 nitrogen and oxygen atoms in total. The SMILES string of the molecule is Cc1cccc(-c2nc3sc(=Cc4ccc(N(C)C)cc4)c(=O)n3n2)c1. The summed E-state index contributed by atoms with van der Waals surface area (Å²) in [5, 5.41) is 4.40. The molecule has 0 aliphatic rings. The molecule has 0 aliphatic heterocycles. The van der Waals surface area contributed by atoms with Crippen LogP contribution in [0.15, 0.2) is 53.3 Å². The van der Waals surface area contributed by atoms with Gasteiger partial charge in [0.25, 0.3) is 5.56 Å². The predicted octanol–water partition coefficient (Wildman–Crippen LogP) is 2.74. The van der Waals surface area contributed by atoms with E-state index in [4.69, 9.17) is 0 Å². The van der Waals surface area contributed by atoms with Crippen LogP contribution < -0.4 is 15.0 Å². The fourth-order valence-corrected chi connectivity index (χ4v) is 3.67. The number of thiazole rings is 1. The molecule has 0 atom stereocenters. The lowest BCUT2D eigenvalue weighted by Crippen LogP contribution is -2.23. The zero-order valence-corrected chi connectivity index (χ0v) is 15.6. The van der Waals surface area contributed by atoms with Crippen LogP contribution in [0.2, 0.25) is 0 Å². The van der Waals surface area contributed by atoms with Crippen molar-refractivity contribution >= 4 is 28.1 Å². The molecule has 0 aliphatic carbocycles. The minimum atomic E-state index is -0.131. The predicted molar refractivity (Wildman–Crippen MR) is 107 cm³/mol. The normalized spacial score (nSPS) is 12.0. The smallest absolute Gasteiger partial charge is 0.291 e.